The van der Waals surface area contributed by atoms with E-state index in [-0.39, 0.29) is 11.9 Å². The normalized spacial score (nSPS) is 24.0. The fraction of sp³-hybridized carbons (Fsp3) is 0.565. The number of allylic oxidation sites excluding steroid dienone is 1. The summed E-state index contributed by atoms with van der Waals surface area (Å²) in [5.74, 6) is 0.377. The van der Waals surface area contributed by atoms with Crippen molar-refractivity contribution in [1.29, 1.82) is 0 Å². The second-order valence-corrected chi connectivity index (χ2v) is 8.46. The van der Waals surface area contributed by atoms with Gasteiger partial charge in [0, 0.05) is 48.6 Å². The lowest BCUT2D eigenvalue weighted by Gasteiger charge is -2.26. The summed E-state index contributed by atoms with van der Waals surface area (Å²) in [6, 6.07) is 4.05. The SMILES string of the molecule is Cc1ccc(C(=O)NCCCN2CCOCC2)c(C2=CC3NN=CC3CCC2)c1N. The average Bonchev–Trinajstić information content (AvgIpc) is 3.10. The molecule has 30 heavy (non-hydrogen) atoms. The molecule has 2 unspecified atom stereocenters. The highest BCUT2D eigenvalue weighted by molar-refractivity contribution is 6.02. The number of ether oxygens (including phenoxy) is 1. The lowest BCUT2D eigenvalue weighted by molar-refractivity contribution is 0.0374. The van der Waals surface area contributed by atoms with Crippen molar-refractivity contribution in [3.8, 4) is 0 Å². The number of rotatable bonds is 6. The van der Waals surface area contributed by atoms with Crippen LogP contribution in [0, 0.1) is 12.8 Å². The first-order chi connectivity index (χ1) is 14.6. The molecule has 1 fully saturated rings. The third-order valence-electron chi connectivity index (χ3n) is 6.38. The fourth-order valence-electron chi connectivity index (χ4n) is 4.55. The molecule has 7 heteroatoms. The molecule has 2 aliphatic heterocycles. The van der Waals surface area contributed by atoms with E-state index in [1.807, 2.05) is 25.3 Å². The van der Waals surface area contributed by atoms with Crippen LogP contribution < -0.4 is 16.5 Å². The maximum Gasteiger partial charge on any atom is 0.251 e. The maximum atomic E-state index is 13.1. The first-order valence-electron chi connectivity index (χ1n) is 11.1. The number of morpholine rings is 1. The summed E-state index contributed by atoms with van der Waals surface area (Å²) in [5, 5.41) is 7.35. The highest BCUT2D eigenvalue weighted by atomic mass is 16.5. The monoisotopic (exact) mass is 411 g/mol. The third kappa shape index (κ3) is 4.68. The molecule has 0 bridgehead atoms. The lowest BCUT2D eigenvalue weighted by Crippen LogP contribution is -2.38. The molecule has 0 saturated carbocycles. The average molecular weight is 412 g/mol. The van der Waals surface area contributed by atoms with E-state index < -0.39 is 0 Å². The first kappa shape index (κ1) is 20.9. The van der Waals surface area contributed by atoms with Gasteiger partial charge in [0.25, 0.3) is 5.91 Å². The molecule has 1 aromatic carbocycles. The molecule has 0 radical (unpaired) electrons. The van der Waals surface area contributed by atoms with Crippen LogP contribution in [0.1, 0.15) is 47.2 Å². The van der Waals surface area contributed by atoms with Gasteiger partial charge in [0.15, 0.2) is 0 Å². The van der Waals surface area contributed by atoms with E-state index in [1.165, 1.54) is 0 Å². The number of nitrogens with zero attached hydrogens (tertiary/aromatic N) is 2. The van der Waals surface area contributed by atoms with Crippen LogP contribution in [0.5, 0.6) is 0 Å². The molecule has 1 amide bonds. The Bertz CT molecular complexity index is 829. The number of amides is 1. The molecular formula is C23H33N5O2. The predicted octanol–water partition coefficient (Wildman–Crippen LogP) is 2.17. The molecule has 2 heterocycles. The number of anilines is 1. The minimum atomic E-state index is -0.0454. The Morgan fingerprint density at radius 2 is 2.20 bits per heavy atom. The van der Waals surface area contributed by atoms with E-state index >= 15 is 0 Å². The number of nitrogen functional groups attached to an aromatic ring is 1. The first-order valence-corrected chi connectivity index (χ1v) is 11.1. The summed E-state index contributed by atoms with van der Waals surface area (Å²) >= 11 is 0. The van der Waals surface area contributed by atoms with Crippen LogP contribution in [-0.2, 0) is 4.74 Å². The van der Waals surface area contributed by atoms with Crippen molar-refractivity contribution in [3.05, 3.63) is 34.9 Å². The predicted molar refractivity (Wildman–Crippen MR) is 121 cm³/mol. The van der Waals surface area contributed by atoms with Crippen LogP contribution >= 0.6 is 0 Å². The zero-order valence-electron chi connectivity index (χ0n) is 17.8. The molecule has 7 nitrogen and oxygen atoms in total. The van der Waals surface area contributed by atoms with Crippen LogP contribution in [0.3, 0.4) is 0 Å². The van der Waals surface area contributed by atoms with Crippen LogP contribution in [0.25, 0.3) is 5.57 Å². The van der Waals surface area contributed by atoms with E-state index in [9.17, 15) is 4.79 Å². The topological polar surface area (TPSA) is 92.0 Å². The molecule has 0 aromatic heterocycles. The van der Waals surface area contributed by atoms with Crippen molar-refractivity contribution < 1.29 is 9.53 Å². The molecule has 4 rings (SSSR count). The van der Waals surface area contributed by atoms with E-state index in [2.05, 4.69) is 26.8 Å². The van der Waals surface area contributed by atoms with Gasteiger partial charge in [-0.15, -0.1) is 0 Å². The minimum Gasteiger partial charge on any atom is -0.398 e. The number of fused-ring (bicyclic) bond motifs is 1. The number of nitrogens with one attached hydrogen (secondary N) is 2. The molecule has 1 saturated heterocycles. The van der Waals surface area contributed by atoms with Crippen molar-refractivity contribution in [3.63, 3.8) is 0 Å². The molecule has 1 aromatic rings. The molecule has 3 aliphatic rings. The summed E-state index contributed by atoms with van der Waals surface area (Å²) in [6.45, 7) is 7.18. The second-order valence-electron chi connectivity index (χ2n) is 8.46. The summed E-state index contributed by atoms with van der Waals surface area (Å²) in [4.78, 5) is 15.5. The molecule has 162 valence electrons. The molecule has 4 N–H and O–H groups in total. The van der Waals surface area contributed by atoms with Gasteiger partial charge < -0.3 is 21.2 Å². The third-order valence-corrected chi connectivity index (χ3v) is 6.38. The van der Waals surface area contributed by atoms with Gasteiger partial charge in [-0.25, -0.2) is 0 Å². The van der Waals surface area contributed by atoms with Crippen molar-refractivity contribution >= 4 is 23.4 Å². The number of hydrogen-bond donors (Lipinski definition) is 3. The van der Waals surface area contributed by atoms with Gasteiger partial charge in [-0.2, -0.15) is 5.10 Å². The summed E-state index contributed by atoms with van der Waals surface area (Å²) in [7, 11) is 0. The van der Waals surface area contributed by atoms with Gasteiger partial charge in [0.1, 0.15) is 0 Å². The van der Waals surface area contributed by atoms with Crippen molar-refractivity contribution in [2.45, 2.75) is 38.6 Å². The van der Waals surface area contributed by atoms with Crippen molar-refractivity contribution in [2.75, 3.05) is 45.1 Å². The van der Waals surface area contributed by atoms with Crippen LogP contribution in [0.15, 0.2) is 23.3 Å². The van der Waals surface area contributed by atoms with Crippen LogP contribution in [0.2, 0.25) is 0 Å². The maximum absolute atomic E-state index is 13.1. The van der Waals surface area contributed by atoms with E-state index in [0.29, 0.717) is 23.7 Å². The Kier molecular flexibility index (Phi) is 6.69. The zero-order valence-corrected chi connectivity index (χ0v) is 17.8. The zero-order chi connectivity index (χ0) is 20.9. The Balaban J connectivity index is 1.46. The second kappa shape index (κ2) is 9.62. The Hall–Kier alpha value is -2.38. The fourth-order valence-corrected chi connectivity index (χ4v) is 4.55. The van der Waals surface area contributed by atoms with Gasteiger partial charge >= 0.3 is 0 Å². The number of benzene rings is 1. The van der Waals surface area contributed by atoms with Gasteiger partial charge in [-0.3, -0.25) is 9.69 Å². The summed E-state index contributed by atoms with van der Waals surface area (Å²) in [6.07, 6.45) is 8.24. The minimum absolute atomic E-state index is 0.0454. The number of hydrazone groups is 1. The van der Waals surface area contributed by atoms with Gasteiger partial charge in [0.05, 0.1) is 19.3 Å². The van der Waals surface area contributed by atoms with Gasteiger partial charge in [-0.1, -0.05) is 12.1 Å². The molecule has 1 aliphatic carbocycles. The Morgan fingerprint density at radius 1 is 1.37 bits per heavy atom. The Morgan fingerprint density at radius 3 is 3.03 bits per heavy atom. The van der Waals surface area contributed by atoms with Gasteiger partial charge in [0.2, 0.25) is 0 Å². The van der Waals surface area contributed by atoms with E-state index in [1.54, 1.807) is 0 Å². The Labute approximate surface area is 178 Å². The number of carbonyl (C=O) groups is 1. The number of nitrogens with two attached hydrogens (primary N) is 1. The smallest absolute Gasteiger partial charge is 0.251 e. The van der Waals surface area contributed by atoms with Gasteiger partial charge in [-0.05, 0) is 56.4 Å². The molecular weight excluding hydrogens is 378 g/mol. The highest BCUT2D eigenvalue weighted by Gasteiger charge is 2.27. The number of aryl methyl sites for hydroxylation is 1. The molecule has 0 spiro atoms. The highest BCUT2D eigenvalue weighted by Crippen LogP contribution is 2.36. The number of hydrogen-bond acceptors (Lipinski definition) is 6. The lowest BCUT2D eigenvalue weighted by atomic mass is 9.91. The van der Waals surface area contributed by atoms with Crippen molar-refractivity contribution in [1.82, 2.24) is 15.6 Å². The quantitative estimate of drug-likeness (QED) is 0.493. The molecule has 2 atom stereocenters. The largest absolute Gasteiger partial charge is 0.398 e. The summed E-state index contributed by atoms with van der Waals surface area (Å²) in [5.41, 5.74) is 14.1. The van der Waals surface area contributed by atoms with Crippen LogP contribution in [0.4, 0.5) is 5.69 Å². The van der Waals surface area contributed by atoms with Crippen molar-refractivity contribution in [2.24, 2.45) is 11.0 Å². The number of carbonyl (C=O) groups excluding carboxylic acids is 1. The standard InChI is InChI=1S/C23H33N5O2/c1-16-6-7-19(23(29)25-8-3-9-28-10-12-30-13-11-28)21(22(16)24)17-4-2-5-18-15-26-27-20(18)14-17/h6-7,14-15,18,20,27H,2-5,8-13,24H2,1H3,(H,25,29). The van der Waals surface area contributed by atoms with E-state index in [0.717, 1.165) is 75.2 Å². The van der Waals surface area contributed by atoms with E-state index in [4.69, 9.17) is 10.5 Å². The van der Waals surface area contributed by atoms with Crippen LogP contribution in [-0.4, -0.2) is 62.5 Å². The summed E-state index contributed by atoms with van der Waals surface area (Å²) < 4.78 is 5.39.